The first-order valence-electron chi connectivity index (χ1n) is 4.80. The summed E-state index contributed by atoms with van der Waals surface area (Å²) in [6, 6.07) is 11.8. The fraction of sp³-hybridized carbons (Fsp3) is 0.333. The minimum absolute atomic E-state index is 0.185. The number of carbonyl (C=O) groups is 1. The molecule has 0 fully saturated rings. The number of carbonyl (C=O) groups excluding carboxylic acids is 1. The molecular formula is C12H14N2O. The summed E-state index contributed by atoms with van der Waals surface area (Å²) in [6.45, 7) is 3.14. The molecule has 0 radical (unpaired) electrons. The van der Waals surface area contributed by atoms with Crippen LogP contribution in [0.4, 0.5) is 0 Å². The van der Waals surface area contributed by atoms with Crippen molar-refractivity contribution in [2.45, 2.75) is 25.8 Å². The van der Waals surface area contributed by atoms with E-state index in [1.807, 2.05) is 30.3 Å². The Bertz CT molecular complexity index is 380. The molecule has 0 aliphatic heterocycles. The van der Waals surface area contributed by atoms with Crippen LogP contribution in [0.2, 0.25) is 0 Å². The number of benzene rings is 1. The maximum Gasteiger partial charge on any atom is 0.218 e. The van der Waals surface area contributed by atoms with Crippen molar-refractivity contribution in [1.29, 1.82) is 5.26 Å². The van der Waals surface area contributed by atoms with Gasteiger partial charge in [0, 0.05) is 13.3 Å². The van der Waals surface area contributed by atoms with Gasteiger partial charge in [-0.15, -0.1) is 0 Å². The second kappa shape index (κ2) is 4.61. The van der Waals surface area contributed by atoms with Crippen LogP contribution in [0.1, 0.15) is 19.4 Å². The summed E-state index contributed by atoms with van der Waals surface area (Å²) < 4.78 is 0. The highest BCUT2D eigenvalue weighted by Gasteiger charge is 2.24. The first kappa shape index (κ1) is 11.3. The summed E-state index contributed by atoms with van der Waals surface area (Å²) in [6.07, 6.45) is 0.518. The van der Waals surface area contributed by atoms with Gasteiger partial charge in [0.15, 0.2) is 0 Å². The molecule has 0 saturated heterocycles. The fourth-order valence-corrected chi connectivity index (χ4v) is 1.50. The summed E-state index contributed by atoms with van der Waals surface area (Å²) in [5.74, 6) is -0.185. The summed E-state index contributed by atoms with van der Waals surface area (Å²) in [7, 11) is 0. The quantitative estimate of drug-likeness (QED) is 0.810. The molecule has 0 aliphatic rings. The van der Waals surface area contributed by atoms with Crippen LogP contribution in [0.5, 0.6) is 0 Å². The van der Waals surface area contributed by atoms with Gasteiger partial charge in [0.1, 0.15) is 5.54 Å². The van der Waals surface area contributed by atoms with Crippen LogP contribution in [0.25, 0.3) is 0 Å². The van der Waals surface area contributed by atoms with Crippen molar-refractivity contribution < 1.29 is 4.79 Å². The molecule has 15 heavy (non-hydrogen) atoms. The van der Waals surface area contributed by atoms with Crippen molar-refractivity contribution in [2.75, 3.05) is 0 Å². The lowest BCUT2D eigenvalue weighted by Crippen LogP contribution is -2.45. The Kier molecular flexibility index (Phi) is 3.46. The molecule has 0 bridgehead atoms. The summed E-state index contributed by atoms with van der Waals surface area (Å²) >= 11 is 0. The third-order valence-corrected chi connectivity index (χ3v) is 2.10. The molecule has 1 unspecified atom stereocenters. The van der Waals surface area contributed by atoms with Gasteiger partial charge in [-0.25, -0.2) is 0 Å². The Morgan fingerprint density at radius 3 is 2.53 bits per heavy atom. The number of nitrogens with zero attached hydrogens (tertiary/aromatic N) is 1. The third-order valence-electron chi connectivity index (χ3n) is 2.10. The maximum absolute atomic E-state index is 10.9. The van der Waals surface area contributed by atoms with Crippen LogP contribution in [0.15, 0.2) is 30.3 Å². The van der Waals surface area contributed by atoms with E-state index < -0.39 is 5.54 Å². The summed E-state index contributed by atoms with van der Waals surface area (Å²) in [5.41, 5.74) is 0.211. The number of nitrogens with one attached hydrogen (secondary N) is 1. The lowest BCUT2D eigenvalue weighted by atomic mass is 9.94. The Morgan fingerprint density at radius 2 is 2.07 bits per heavy atom. The second-order valence-corrected chi connectivity index (χ2v) is 3.79. The van der Waals surface area contributed by atoms with Crippen LogP contribution < -0.4 is 5.32 Å². The van der Waals surface area contributed by atoms with Gasteiger partial charge >= 0.3 is 0 Å². The zero-order valence-corrected chi connectivity index (χ0v) is 8.95. The summed E-state index contributed by atoms with van der Waals surface area (Å²) in [4.78, 5) is 10.9. The Morgan fingerprint density at radius 1 is 1.47 bits per heavy atom. The number of hydrogen-bond donors (Lipinski definition) is 1. The van der Waals surface area contributed by atoms with Crippen LogP contribution >= 0.6 is 0 Å². The molecule has 1 amide bonds. The molecule has 0 heterocycles. The Labute approximate surface area is 89.7 Å². The monoisotopic (exact) mass is 202 g/mol. The molecule has 0 saturated carbocycles. The van der Waals surface area contributed by atoms with Gasteiger partial charge in [-0.3, -0.25) is 4.79 Å². The van der Waals surface area contributed by atoms with E-state index >= 15 is 0 Å². The van der Waals surface area contributed by atoms with Crippen LogP contribution in [0, 0.1) is 11.3 Å². The average Bonchev–Trinajstić information content (AvgIpc) is 2.18. The summed E-state index contributed by atoms with van der Waals surface area (Å²) in [5, 5.41) is 11.7. The highest BCUT2D eigenvalue weighted by molar-refractivity contribution is 5.74. The molecule has 3 heteroatoms. The molecule has 0 aliphatic carbocycles. The maximum atomic E-state index is 10.9. The van der Waals surface area contributed by atoms with E-state index in [9.17, 15) is 4.79 Å². The molecule has 0 aromatic heterocycles. The zero-order valence-electron chi connectivity index (χ0n) is 8.95. The number of amides is 1. The van der Waals surface area contributed by atoms with Gasteiger partial charge in [-0.1, -0.05) is 30.3 Å². The second-order valence-electron chi connectivity index (χ2n) is 3.79. The fourth-order valence-electron chi connectivity index (χ4n) is 1.50. The zero-order chi connectivity index (χ0) is 11.3. The SMILES string of the molecule is CC(=O)NC(C)(C#N)Cc1ccccc1. The van der Waals surface area contributed by atoms with Gasteiger partial charge in [0.25, 0.3) is 0 Å². The molecular weight excluding hydrogens is 188 g/mol. The lowest BCUT2D eigenvalue weighted by molar-refractivity contribution is -0.120. The molecule has 1 atom stereocenters. The van der Waals surface area contributed by atoms with Gasteiger partial charge in [-0.2, -0.15) is 5.26 Å². The van der Waals surface area contributed by atoms with Gasteiger partial charge < -0.3 is 5.32 Å². The smallest absolute Gasteiger partial charge is 0.218 e. The topological polar surface area (TPSA) is 52.9 Å². The molecule has 1 aromatic rings. The van der Waals surface area contributed by atoms with Gasteiger partial charge in [0.2, 0.25) is 5.91 Å². The molecule has 1 N–H and O–H groups in total. The number of rotatable bonds is 3. The van der Waals surface area contributed by atoms with Crippen molar-refractivity contribution in [3.8, 4) is 6.07 Å². The minimum atomic E-state index is -0.826. The predicted octanol–water partition coefficient (Wildman–Crippen LogP) is 1.65. The van der Waals surface area contributed by atoms with E-state index in [0.717, 1.165) is 5.56 Å². The largest absolute Gasteiger partial charge is 0.338 e. The highest BCUT2D eigenvalue weighted by atomic mass is 16.1. The van der Waals surface area contributed by atoms with E-state index in [2.05, 4.69) is 11.4 Å². The van der Waals surface area contributed by atoms with Gasteiger partial charge in [0.05, 0.1) is 6.07 Å². The van der Waals surface area contributed by atoms with E-state index in [1.54, 1.807) is 6.92 Å². The standard InChI is InChI=1S/C12H14N2O/c1-10(15)14-12(2,9-13)8-11-6-4-3-5-7-11/h3-7H,8H2,1-2H3,(H,14,15). The first-order chi connectivity index (χ1) is 7.06. The Hall–Kier alpha value is -1.82. The number of nitriles is 1. The molecule has 3 nitrogen and oxygen atoms in total. The average molecular weight is 202 g/mol. The van der Waals surface area contributed by atoms with Crippen molar-refractivity contribution in [3.63, 3.8) is 0 Å². The molecule has 0 spiro atoms. The molecule has 78 valence electrons. The van der Waals surface area contributed by atoms with Crippen molar-refractivity contribution in [3.05, 3.63) is 35.9 Å². The van der Waals surface area contributed by atoms with Gasteiger partial charge in [-0.05, 0) is 12.5 Å². The minimum Gasteiger partial charge on any atom is -0.338 e. The van der Waals surface area contributed by atoms with E-state index in [-0.39, 0.29) is 5.91 Å². The normalized spacial score (nSPS) is 13.7. The molecule has 1 rings (SSSR count). The van der Waals surface area contributed by atoms with Crippen LogP contribution in [-0.2, 0) is 11.2 Å². The van der Waals surface area contributed by atoms with E-state index in [4.69, 9.17) is 5.26 Å². The molecule has 1 aromatic carbocycles. The predicted molar refractivity (Wildman–Crippen MR) is 58.0 cm³/mol. The third kappa shape index (κ3) is 3.43. The van der Waals surface area contributed by atoms with Crippen molar-refractivity contribution in [2.24, 2.45) is 0 Å². The van der Waals surface area contributed by atoms with Crippen LogP contribution in [0.3, 0.4) is 0 Å². The van der Waals surface area contributed by atoms with Crippen molar-refractivity contribution >= 4 is 5.91 Å². The highest BCUT2D eigenvalue weighted by Crippen LogP contribution is 2.12. The van der Waals surface area contributed by atoms with E-state index in [1.165, 1.54) is 6.92 Å². The first-order valence-corrected chi connectivity index (χ1v) is 4.80. The lowest BCUT2D eigenvalue weighted by Gasteiger charge is -2.22. The van der Waals surface area contributed by atoms with Crippen molar-refractivity contribution in [1.82, 2.24) is 5.32 Å². The number of hydrogen-bond acceptors (Lipinski definition) is 2. The Balaban J connectivity index is 2.78. The van der Waals surface area contributed by atoms with Crippen LogP contribution in [-0.4, -0.2) is 11.4 Å². The van der Waals surface area contributed by atoms with E-state index in [0.29, 0.717) is 6.42 Å².